The summed E-state index contributed by atoms with van der Waals surface area (Å²) in [6, 6.07) is 15.8. The fourth-order valence-electron chi connectivity index (χ4n) is 2.62. The highest BCUT2D eigenvalue weighted by atomic mass is 19.4. The van der Waals surface area contributed by atoms with E-state index in [-0.39, 0.29) is 11.5 Å². The Morgan fingerprint density at radius 1 is 0.929 bits per heavy atom. The Kier molecular flexibility index (Phi) is 5.30. The predicted octanol–water partition coefficient (Wildman–Crippen LogP) is 4.60. The number of halogens is 3. The van der Waals surface area contributed by atoms with Gasteiger partial charge in [0.25, 0.3) is 0 Å². The zero-order valence-corrected chi connectivity index (χ0v) is 15.1. The molecule has 0 aliphatic heterocycles. The van der Waals surface area contributed by atoms with E-state index in [0.717, 1.165) is 5.56 Å². The van der Waals surface area contributed by atoms with Crippen molar-refractivity contribution in [3.05, 3.63) is 66.0 Å². The maximum Gasteiger partial charge on any atom is 0.451 e. The maximum absolute atomic E-state index is 13.4. The molecule has 8 heteroatoms. The highest BCUT2D eigenvalue weighted by molar-refractivity contribution is 5.89. The second kappa shape index (κ2) is 7.67. The summed E-state index contributed by atoms with van der Waals surface area (Å²) in [6.45, 7) is 3.12. The smallest absolute Gasteiger partial charge is 0.281 e. The Balaban J connectivity index is 2.31. The molecule has 28 heavy (non-hydrogen) atoms. The Bertz CT molecular complexity index is 987. The van der Waals surface area contributed by atoms with Gasteiger partial charge in [0, 0.05) is 12.5 Å². The number of nitrogens with one attached hydrogen (secondary N) is 2. The van der Waals surface area contributed by atoms with Crippen molar-refractivity contribution in [2.45, 2.75) is 20.0 Å². The molecule has 0 radical (unpaired) electrons. The number of carbonyl (C=O) groups is 1. The van der Waals surface area contributed by atoms with Crippen molar-refractivity contribution in [2.75, 3.05) is 5.43 Å². The normalized spacial score (nSPS) is 11.2. The topological polar surface area (TPSA) is 66.9 Å². The lowest BCUT2D eigenvalue weighted by Gasteiger charge is -2.18. The van der Waals surface area contributed by atoms with Crippen molar-refractivity contribution in [2.24, 2.45) is 0 Å². The molecular weight excluding hydrogens is 369 g/mol. The lowest BCUT2D eigenvalue weighted by Crippen LogP contribution is -2.28. The van der Waals surface area contributed by atoms with Crippen molar-refractivity contribution in [1.29, 1.82) is 0 Å². The third-order valence-corrected chi connectivity index (χ3v) is 3.91. The number of rotatable bonds is 4. The molecule has 3 rings (SSSR count). The molecule has 0 saturated carbocycles. The van der Waals surface area contributed by atoms with E-state index in [0.29, 0.717) is 16.7 Å². The molecule has 1 heterocycles. The van der Waals surface area contributed by atoms with E-state index in [1.165, 1.54) is 6.92 Å². The summed E-state index contributed by atoms with van der Waals surface area (Å²) in [7, 11) is 0. The van der Waals surface area contributed by atoms with Crippen molar-refractivity contribution in [1.82, 2.24) is 15.4 Å². The first-order chi connectivity index (χ1) is 13.3. The van der Waals surface area contributed by atoms with Gasteiger partial charge in [0.15, 0.2) is 5.82 Å². The van der Waals surface area contributed by atoms with Gasteiger partial charge in [-0.15, -0.1) is 0 Å². The SMILES string of the molecule is CC(=O)NNc1nc(C(F)(F)F)nc(-c2ccc(C)cc2)c1-c1ccccc1. The van der Waals surface area contributed by atoms with Crippen LogP contribution in [0.4, 0.5) is 19.0 Å². The molecule has 1 aromatic heterocycles. The minimum atomic E-state index is -4.75. The van der Waals surface area contributed by atoms with Gasteiger partial charge in [0.2, 0.25) is 11.7 Å². The first kappa shape index (κ1) is 19.3. The fraction of sp³-hybridized carbons (Fsp3) is 0.150. The third-order valence-electron chi connectivity index (χ3n) is 3.91. The molecule has 3 aromatic rings. The number of hydrogen-bond acceptors (Lipinski definition) is 4. The number of aryl methyl sites for hydroxylation is 1. The molecule has 0 aliphatic carbocycles. The number of hydrazine groups is 1. The van der Waals surface area contributed by atoms with Gasteiger partial charge >= 0.3 is 6.18 Å². The average molecular weight is 386 g/mol. The van der Waals surface area contributed by atoms with Crippen LogP contribution in [0, 0.1) is 6.92 Å². The van der Waals surface area contributed by atoms with Crippen molar-refractivity contribution < 1.29 is 18.0 Å². The van der Waals surface area contributed by atoms with E-state index >= 15 is 0 Å². The van der Waals surface area contributed by atoms with Crippen LogP contribution in [0.1, 0.15) is 18.3 Å². The van der Waals surface area contributed by atoms with Crippen molar-refractivity contribution in [3.8, 4) is 22.4 Å². The van der Waals surface area contributed by atoms with Gasteiger partial charge in [-0.05, 0) is 12.5 Å². The summed E-state index contributed by atoms with van der Waals surface area (Å²) in [5, 5.41) is 0. The summed E-state index contributed by atoms with van der Waals surface area (Å²) in [5.41, 5.74) is 7.33. The van der Waals surface area contributed by atoms with Gasteiger partial charge in [0.1, 0.15) is 0 Å². The highest BCUT2D eigenvalue weighted by Gasteiger charge is 2.36. The van der Waals surface area contributed by atoms with Crippen molar-refractivity contribution >= 4 is 11.7 Å². The zero-order valence-electron chi connectivity index (χ0n) is 15.1. The minimum Gasteiger partial charge on any atom is -0.281 e. The van der Waals surface area contributed by atoms with Crippen LogP contribution < -0.4 is 10.9 Å². The molecular formula is C20H17F3N4O. The summed E-state index contributed by atoms with van der Waals surface area (Å²) in [4.78, 5) is 18.8. The lowest BCUT2D eigenvalue weighted by atomic mass is 9.99. The number of benzene rings is 2. The van der Waals surface area contributed by atoms with Crippen LogP contribution in [0.3, 0.4) is 0 Å². The highest BCUT2D eigenvalue weighted by Crippen LogP contribution is 2.38. The molecule has 0 aliphatic rings. The third kappa shape index (κ3) is 4.28. The Hall–Kier alpha value is -3.42. The first-order valence-electron chi connectivity index (χ1n) is 8.40. The summed E-state index contributed by atoms with van der Waals surface area (Å²) in [6.07, 6.45) is -4.75. The molecule has 2 N–H and O–H groups in total. The monoisotopic (exact) mass is 386 g/mol. The quantitative estimate of drug-likeness (QED) is 0.643. The van der Waals surface area contributed by atoms with E-state index in [2.05, 4.69) is 20.8 Å². The average Bonchev–Trinajstić information content (AvgIpc) is 2.66. The fourth-order valence-corrected chi connectivity index (χ4v) is 2.62. The number of carbonyl (C=O) groups excluding carboxylic acids is 1. The summed E-state index contributed by atoms with van der Waals surface area (Å²) >= 11 is 0. The van der Waals surface area contributed by atoms with E-state index in [1.807, 2.05) is 6.92 Å². The van der Waals surface area contributed by atoms with Crippen LogP contribution >= 0.6 is 0 Å². The number of alkyl halides is 3. The first-order valence-corrected chi connectivity index (χ1v) is 8.40. The van der Waals surface area contributed by atoms with Gasteiger partial charge in [0.05, 0.1) is 11.3 Å². The van der Waals surface area contributed by atoms with Gasteiger partial charge in [-0.2, -0.15) is 13.2 Å². The van der Waals surface area contributed by atoms with E-state index in [1.54, 1.807) is 54.6 Å². The number of aromatic nitrogens is 2. The van der Waals surface area contributed by atoms with Gasteiger partial charge in [-0.3, -0.25) is 15.6 Å². The van der Waals surface area contributed by atoms with Crippen LogP contribution in [0.2, 0.25) is 0 Å². The molecule has 0 spiro atoms. The maximum atomic E-state index is 13.4. The van der Waals surface area contributed by atoms with Crippen LogP contribution in [0.15, 0.2) is 54.6 Å². The van der Waals surface area contributed by atoms with Crippen LogP contribution in [-0.4, -0.2) is 15.9 Å². The van der Waals surface area contributed by atoms with Gasteiger partial charge in [-0.25, -0.2) is 9.97 Å². The van der Waals surface area contributed by atoms with Crippen molar-refractivity contribution in [3.63, 3.8) is 0 Å². The van der Waals surface area contributed by atoms with Crippen LogP contribution in [-0.2, 0) is 11.0 Å². The number of nitrogens with zero attached hydrogens (tertiary/aromatic N) is 2. The second-order valence-corrected chi connectivity index (χ2v) is 6.16. The zero-order chi connectivity index (χ0) is 20.3. The lowest BCUT2D eigenvalue weighted by molar-refractivity contribution is -0.144. The van der Waals surface area contributed by atoms with E-state index < -0.39 is 17.9 Å². The number of anilines is 1. The number of hydrogen-bond donors (Lipinski definition) is 2. The van der Waals surface area contributed by atoms with Crippen LogP contribution in [0.25, 0.3) is 22.4 Å². The molecule has 0 saturated heterocycles. The summed E-state index contributed by atoms with van der Waals surface area (Å²) in [5.74, 6) is -1.90. The van der Waals surface area contributed by atoms with Gasteiger partial charge < -0.3 is 0 Å². The Morgan fingerprint density at radius 3 is 2.14 bits per heavy atom. The van der Waals surface area contributed by atoms with Crippen LogP contribution in [0.5, 0.6) is 0 Å². The molecule has 0 fully saturated rings. The molecule has 1 amide bonds. The minimum absolute atomic E-state index is 0.112. The molecule has 2 aromatic carbocycles. The van der Waals surface area contributed by atoms with E-state index in [9.17, 15) is 18.0 Å². The molecule has 0 unspecified atom stereocenters. The standard InChI is InChI=1S/C20H17F3N4O/c1-12-8-10-15(11-9-12)17-16(14-6-4-3-5-7-14)18(27-26-13(2)28)25-19(24-17)20(21,22)23/h3-11H,1-2H3,(H,26,28)(H,24,25,27). The summed E-state index contributed by atoms with van der Waals surface area (Å²) < 4.78 is 40.3. The number of amides is 1. The molecule has 0 atom stereocenters. The Labute approximate surface area is 159 Å². The molecule has 144 valence electrons. The largest absolute Gasteiger partial charge is 0.451 e. The molecule has 0 bridgehead atoms. The van der Waals surface area contributed by atoms with Gasteiger partial charge in [-0.1, -0.05) is 60.2 Å². The second-order valence-electron chi connectivity index (χ2n) is 6.16. The Morgan fingerprint density at radius 2 is 1.57 bits per heavy atom. The van der Waals surface area contributed by atoms with E-state index in [4.69, 9.17) is 0 Å². The predicted molar refractivity (Wildman–Crippen MR) is 100 cm³/mol. The molecule has 5 nitrogen and oxygen atoms in total.